The van der Waals surface area contributed by atoms with Crippen molar-refractivity contribution in [2.75, 3.05) is 0 Å². The van der Waals surface area contributed by atoms with E-state index in [1.165, 1.54) is 0 Å². The van der Waals surface area contributed by atoms with Gasteiger partial charge >= 0.3 is 0 Å². The van der Waals surface area contributed by atoms with Crippen LogP contribution in [0.3, 0.4) is 0 Å². The first-order chi connectivity index (χ1) is 1.91. The Labute approximate surface area is 24.5 Å². The lowest BCUT2D eigenvalue weighted by Gasteiger charge is -1.71. The molecule has 0 aromatic heterocycles. The number of rotatable bonds is 1. The molecule has 0 aromatic rings. The van der Waals surface area contributed by atoms with Crippen LogP contribution in [0.1, 0.15) is 0 Å². The van der Waals surface area contributed by atoms with Crippen LogP contribution in [0.2, 0.25) is 0 Å². The Morgan fingerprint density at radius 1 is 2.00 bits per heavy atom. The molecule has 0 heterocycles. The van der Waals surface area contributed by atoms with Crippen molar-refractivity contribution in [3.05, 3.63) is 0 Å². The van der Waals surface area contributed by atoms with Crippen molar-refractivity contribution in [2.24, 2.45) is 10.9 Å². The summed E-state index contributed by atoms with van der Waals surface area (Å²) in [6.45, 7) is 4.42. The molecule has 0 atom stereocenters. The van der Waals surface area contributed by atoms with E-state index in [9.17, 15) is 0 Å². The van der Waals surface area contributed by atoms with Gasteiger partial charge in [-0.25, -0.2) is 11.4 Å². The van der Waals surface area contributed by atoms with Crippen molar-refractivity contribution < 1.29 is 0 Å². The van der Waals surface area contributed by atoms with Crippen LogP contribution in [0.4, 0.5) is 0 Å². The molecule has 4 heavy (non-hydrogen) atoms. The Hall–Kier alpha value is -0.570. The average Bonchev–Trinajstić information content (AvgIpc) is 1.37. The van der Waals surface area contributed by atoms with Gasteiger partial charge in [0.1, 0.15) is 0 Å². The number of nitrogens with zero attached hydrogens (tertiary/aromatic N) is 1. The SMILES string of the molecule is [CH]=NNN. The molecule has 0 aliphatic heterocycles. The van der Waals surface area contributed by atoms with E-state index < -0.39 is 0 Å². The maximum Gasteiger partial charge on any atom is 0.0684 e. The fraction of sp³-hybridized carbons (Fsp3) is 0. The molecule has 3 nitrogen and oxygen atoms in total. The number of hydrazone groups is 1. The third-order valence-electron chi connectivity index (χ3n) is 0.0745. The fourth-order valence-corrected chi connectivity index (χ4v) is 0. The predicted molar refractivity (Wildman–Crippen MR) is 15.8 cm³/mol. The van der Waals surface area contributed by atoms with Gasteiger partial charge in [-0.15, -0.1) is 0 Å². The molecule has 23 valence electrons. The number of nitrogens with two attached hydrogens (primary N) is 1. The van der Waals surface area contributed by atoms with Crippen LogP contribution in [0, 0.1) is 0 Å². The van der Waals surface area contributed by atoms with Gasteiger partial charge in [0.05, 0.1) is 6.72 Å². The highest BCUT2D eigenvalue weighted by Crippen LogP contribution is 1.20. The highest BCUT2D eigenvalue weighted by molar-refractivity contribution is 5.21. The van der Waals surface area contributed by atoms with Crippen molar-refractivity contribution in [1.82, 2.24) is 5.53 Å². The summed E-state index contributed by atoms with van der Waals surface area (Å²) < 4.78 is 0. The van der Waals surface area contributed by atoms with Gasteiger partial charge in [-0.1, -0.05) is 0 Å². The van der Waals surface area contributed by atoms with E-state index >= 15 is 0 Å². The lowest BCUT2D eigenvalue weighted by atomic mass is 11.7. The predicted octanol–water partition coefficient (Wildman–Crippen LogP) is -1.06. The fourth-order valence-electron chi connectivity index (χ4n) is 0. The number of hydrogen-bond donors (Lipinski definition) is 2. The van der Waals surface area contributed by atoms with Crippen molar-refractivity contribution >= 4 is 6.72 Å². The van der Waals surface area contributed by atoms with Gasteiger partial charge in [-0.2, -0.15) is 5.10 Å². The minimum Gasteiger partial charge on any atom is -0.246 e. The topological polar surface area (TPSA) is 50.4 Å². The molecule has 3 N–H and O–H groups in total. The summed E-state index contributed by atoms with van der Waals surface area (Å²) in [6, 6.07) is 0. The van der Waals surface area contributed by atoms with Crippen molar-refractivity contribution in [3.8, 4) is 0 Å². The molecule has 0 bridgehead atoms. The van der Waals surface area contributed by atoms with Crippen molar-refractivity contribution in [2.45, 2.75) is 0 Å². The molecule has 0 aromatic carbocycles. The molecule has 0 fully saturated rings. The second-order valence-electron chi connectivity index (χ2n) is 0.258. The number of nitrogens with one attached hydrogen (secondary N) is 1. The third kappa shape index (κ3) is 1.43. The van der Waals surface area contributed by atoms with Crippen molar-refractivity contribution in [1.29, 1.82) is 0 Å². The second kappa shape index (κ2) is 2.43. The molecular formula is CH4N3. The summed E-state index contributed by atoms with van der Waals surface area (Å²) >= 11 is 0. The summed E-state index contributed by atoms with van der Waals surface area (Å²) in [5.41, 5.74) is 1.83. The van der Waals surface area contributed by atoms with E-state index in [0.717, 1.165) is 0 Å². The van der Waals surface area contributed by atoms with Gasteiger partial charge in [0, 0.05) is 0 Å². The van der Waals surface area contributed by atoms with E-state index in [-0.39, 0.29) is 0 Å². The number of hydrogen-bond acceptors (Lipinski definition) is 3. The van der Waals surface area contributed by atoms with Crippen molar-refractivity contribution in [3.63, 3.8) is 0 Å². The van der Waals surface area contributed by atoms with Gasteiger partial charge in [0.25, 0.3) is 0 Å². The largest absolute Gasteiger partial charge is 0.246 e. The highest BCUT2D eigenvalue weighted by atomic mass is 15.5. The summed E-state index contributed by atoms with van der Waals surface area (Å²) in [5.74, 6) is 4.49. The quantitative estimate of drug-likeness (QED) is 0.229. The lowest BCUT2D eigenvalue weighted by molar-refractivity contribution is 0.814. The molecule has 1 radical (unpaired) electrons. The Kier molecular flexibility index (Phi) is 2.08. The molecule has 0 unspecified atom stereocenters. The van der Waals surface area contributed by atoms with E-state index in [4.69, 9.17) is 0 Å². The number of hydrazine groups is 1. The Morgan fingerprint density at radius 2 is 2.25 bits per heavy atom. The Morgan fingerprint density at radius 3 is 2.25 bits per heavy atom. The van der Waals surface area contributed by atoms with Gasteiger partial charge in [0.15, 0.2) is 0 Å². The van der Waals surface area contributed by atoms with Crippen LogP contribution in [0.25, 0.3) is 0 Å². The zero-order valence-electron chi connectivity index (χ0n) is 2.10. The molecule has 0 amide bonds. The standard InChI is InChI=1S/CH4N3/c1-3-4-2/h1,4H,2H2. The average molecular weight is 58.1 g/mol. The first-order valence-corrected chi connectivity index (χ1v) is 0.770. The minimum atomic E-state index is 1.83. The van der Waals surface area contributed by atoms with Crippen LogP contribution in [0.5, 0.6) is 0 Å². The zero-order valence-corrected chi connectivity index (χ0v) is 2.10. The van der Waals surface area contributed by atoms with E-state index in [1.807, 2.05) is 5.53 Å². The lowest BCUT2D eigenvalue weighted by Crippen LogP contribution is -2.11. The van der Waals surface area contributed by atoms with Crippen LogP contribution >= 0.6 is 0 Å². The molecular weight excluding hydrogens is 54.0 g/mol. The third-order valence-corrected chi connectivity index (χ3v) is 0.0745. The maximum absolute atomic E-state index is 4.49. The van der Waals surface area contributed by atoms with Crippen LogP contribution < -0.4 is 11.4 Å². The Bertz CT molecular complexity index is 17.2. The first kappa shape index (κ1) is 3.43. The van der Waals surface area contributed by atoms with Gasteiger partial charge in [-0.05, 0) is 0 Å². The summed E-state index contributed by atoms with van der Waals surface area (Å²) in [7, 11) is 0. The molecule has 0 aliphatic carbocycles. The monoisotopic (exact) mass is 58.0 g/mol. The maximum atomic E-state index is 4.49. The van der Waals surface area contributed by atoms with Crippen LogP contribution in [-0.4, -0.2) is 6.72 Å². The zero-order chi connectivity index (χ0) is 3.41. The first-order valence-electron chi connectivity index (χ1n) is 0.770. The van der Waals surface area contributed by atoms with Gasteiger partial charge in [0.2, 0.25) is 0 Å². The van der Waals surface area contributed by atoms with Crippen LogP contribution in [-0.2, 0) is 0 Å². The molecule has 0 aliphatic rings. The highest BCUT2D eigenvalue weighted by Gasteiger charge is 1.32. The minimum absolute atomic E-state index is 1.83. The van der Waals surface area contributed by atoms with E-state index in [1.54, 1.807) is 0 Å². The molecule has 0 saturated heterocycles. The van der Waals surface area contributed by atoms with Gasteiger partial charge < -0.3 is 0 Å². The summed E-state index contributed by atoms with van der Waals surface area (Å²) in [5, 5.41) is 2.76. The second-order valence-corrected chi connectivity index (χ2v) is 0.258. The van der Waals surface area contributed by atoms with E-state index in [0.29, 0.717) is 0 Å². The van der Waals surface area contributed by atoms with Crippen LogP contribution in [0.15, 0.2) is 5.10 Å². The smallest absolute Gasteiger partial charge is 0.0684 e. The van der Waals surface area contributed by atoms with E-state index in [2.05, 4.69) is 17.7 Å². The molecule has 0 spiro atoms. The Balaban J connectivity index is 2.30. The van der Waals surface area contributed by atoms with Gasteiger partial charge in [-0.3, -0.25) is 0 Å². The summed E-state index contributed by atoms with van der Waals surface area (Å²) in [4.78, 5) is 0. The summed E-state index contributed by atoms with van der Waals surface area (Å²) in [6.07, 6.45) is 0. The molecule has 3 heteroatoms. The normalized spacial score (nSPS) is 5.25. The molecule has 0 saturated carbocycles. The molecule has 0 rings (SSSR count).